The van der Waals surface area contributed by atoms with Gasteiger partial charge in [0.25, 0.3) is 0 Å². The van der Waals surface area contributed by atoms with Gasteiger partial charge in [0, 0.05) is 17.8 Å². The molecule has 1 amide bonds. The summed E-state index contributed by atoms with van der Waals surface area (Å²) in [6, 6.07) is 11.9. The number of carbonyl (C=O) groups excluding carboxylic acids is 1. The van der Waals surface area contributed by atoms with Crippen LogP contribution in [0.3, 0.4) is 0 Å². The average molecular weight is 327 g/mol. The highest BCUT2D eigenvalue weighted by Gasteiger charge is 2.07. The molecule has 0 aromatic heterocycles. The van der Waals surface area contributed by atoms with E-state index in [9.17, 15) is 9.90 Å². The summed E-state index contributed by atoms with van der Waals surface area (Å²) in [6.07, 6.45) is 3.11. The Labute approximate surface area is 141 Å². The zero-order valence-corrected chi connectivity index (χ0v) is 13.8. The van der Waals surface area contributed by atoms with Gasteiger partial charge in [0.15, 0.2) is 11.5 Å². The van der Waals surface area contributed by atoms with Crippen LogP contribution >= 0.6 is 0 Å². The third-order valence-electron chi connectivity index (χ3n) is 3.13. The van der Waals surface area contributed by atoms with Crippen molar-refractivity contribution < 1.29 is 19.4 Å². The summed E-state index contributed by atoms with van der Waals surface area (Å²) in [5.74, 6) is 1.18. The maximum absolute atomic E-state index is 12.0. The highest BCUT2D eigenvalue weighted by Crippen LogP contribution is 2.30. The van der Waals surface area contributed by atoms with Gasteiger partial charge in [0.1, 0.15) is 5.75 Å². The first-order valence-electron chi connectivity index (χ1n) is 7.80. The first kappa shape index (κ1) is 17.4. The number of hydrogen-bond acceptors (Lipinski definition) is 4. The van der Waals surface area contributed by atoms with Crippen molar-refractivity contribution in [2.24, 2.45) is 0 Å². The van der Waals surface area contributed by atoms with Crippen LogP contribution in [0.1, 0.15) is 19.4 Å². The molecular weight excluding hydrogens is 306 g/mol. The lowest BCUT2D eigenvalue weighted by molar-refractivity contribution is -0.111. The molecule has 0 unspecified atom stereocenters. The van der Waals surface area contributed by atoms with Gasteiger partial charge in [-0.2, -0.15) is 0 Å². The first-order chi connectivity index (χ1) is 11.6. The summed E-state index contributed by atoms with van der Waals surface area (Å²) >= 11 is 0. The Hall–Kier alpha value is -2.95. The molecule has 2 aromatic carbocycles. The number of carbonyl (C=O) groups is 1. The summed E-state index contributed by atoms with van der Waals surface area (Å²) in [7, 11) is 0. The van der Waals surface area contributed by atoms with Gasteiger partial charge in [-0.3, -0.25) is 4.79 Å². The Morgan fingerprint density at radius 1 is 1.04 bits per heavy atom. The SMILES string of the molecule is CCOc1ccc(NC(=O)/C=C/c2ccc(O)cc2)cc1OCC. The quantitative estimate of drug-likeness (QED) is 0.758. The highest BCUT2D eigenvalue weighted by atomic mass is 16.5. The molecule has 0 saturated heterocycles. The number of phenols is 1. The Morgan fingerprint density at radius 2 is 1.71 bits per heavy atom. The molecule has 0 heterocycles. The number of benzene rings is 2. The van der Waals surface area contributed by atoms with Gasteiger partial charge >= 0.3 is 0 Å². The number of ether oxygens (including phenoxy) is 2. The maximum atomic E-state index is 12.0. The third kappa shape index (κ3) is 5.05. The van der Waals surface area contributed by atoms with Crippen LogP contribution in [0.4, 0.5) is 5.69 Å². The lowest BCUT2D eigenvalue weighted by Crippen LogP contribution is -2.08. The van der Waals surface area contributed by atoms with Crippen molar-refractivity contribution in [2.45, 2.75) is 13.8 Å². The van der Waals surface area contributed by atoms with Crippen LogP contribution in [0.15, 0.2) is 48.5 Å². The summed E-state index contributed by atoms with van der Waals surface area (Å²) in [5, 5.41) is 12.0. The zero-order chi connectivity index (χ0) is 17.4. The molecule has 0 radical (unpaired) electrons. The van der Waals surface area contributed by atoms with Crippen LogP contribution in [-0.4, -0.2) is 24.2 Å². The molecule has 0 aliphatic rings. The normalized spacial score (nSPS) is 10.6. The number of anilines is 1. The maximum Gasteiger partial charge on any atom is 0.248 e. The van der Waals surface area contributed by atoms with Crippen molar-refractivity contribution in [3.05, 3.63) is 54.1 Å². The van der Waals surface area contributed by atoms with Gasteiger partial charge in [-0.05, 0) is 49.8 Å². The molecule has 0 fully saturated rings. The molecule has 2 aromatic rings. The first-order valence-corrected chi connectivity index (χ1v) is 7.80. The van der Waals surface area contributed by atoms with E-state index in [0.29, 0.717) is 30.4 Å². The number of amides is 1. The highest BCUT2D eigenvalue weighted by molar-refractivity contribution is 6.02. The monoisotopic (exact) mass is 327 g/mol. The number of nitrogens with one attached hydrogen (secondary N) is 1. The number of aromatic hydroxyl groups is 1. The molecule has 0 aliphatic carbocycles. The minimum absolute atomic E-state index is 0.189. The van der Waals surface area contributed by atoms with E-state index < -0.39 is 0 Å². The molecule has 5 nitrogen and oxygen atoms in total. The van der Waals surface area contributed by atoms with E-state index in [-0.39, 0.29) is 11.7 Å². The molecule has 2 N–H and O–H groups in total. The molecule has 0 atom stereocenters. The summed E-state index contributed by atoms with van der Waals surface area (Å²) in [6.45, 7) is 4.85. The van der Waals surface area contributed by atoms with E-state index >= 15 is 0 Å². The molecule has 2 rings (SSSR count). The van der Waals surface area contributed by atoms with Gasteiger partial charge in [-0.15, -0.1) is 0 Å². The van der Waals surface area contributed by atoms with E-state index in [0.717, 1.165) is 5.56 Å². The van der Waals surface area contributed by atoms with Gasteiger partial charge in [0.2, 0.25) is 5.91 Å². The predicted molar refractivity (Wildman–Crippen MR) is 94.6 cm³/mol. The smallest absolute Gasteiger partial charge is 0.248 e. The Balaban J connectivity index is 2.05. The van der Waals surface area contributed by atoms with Crippen LogP contribution in [0.25, 0.3) is 6.08 Å². The largest absolute Gasteiger partial charge is 0.508 e. The molecule has 24 heavy (non-hydrogen) atoms. The molecule has 5 heteroatoms. The van der Waals surface area contributed by atoms with Crippen molar-refractivity contribution in [3.63, 3.8) is 0 Å². The standard InChI is InChI=1S/C19H21NO4/c1-3-23-17-11-8-15(13-18(17)24-4-2)20-19(22)12-7-14-5-9-16(21)10-6-14/h5-13,21H,3-4H2,1-2H3,(H,20,22)/b12-7+. The number of phenolic OH excluding ortho intramolecular Hbond substituents is 1. The van der Waals surface area contributed by atoms with Gasteiger partial charge in [0.05, 0.1) is 13.2 Å². The lowest BCUT2D eigenvalue weighted by Gasteiger charge is -2.12. The summed E-state index contributed by atoms with van der Waals surface area (Å²) < 4.78 is 11.0. The van der Waals surface area contributed by atoms with Crippen molar-refractivity contribution >= 4 is 17.7 Å². The van der Waals surface area contributed by atoms with E-state index in [1.807, 2.05) is 13.8 Å². The fraction of sp³-hybridized carbons (Fsp3) is 0.211. The van der Waals surface area contributed by atoms with E-state index in [1.54, 1.807) is 48.5 Å². The molecular formula is C19H21NO4. The minimum atomic E-state index is -0.255. The molecule has 0 saturated carbocycles. The Kier molecular flexibility index (Phi) is 6.25. The molecule has 0 bridgehead atoms. The van der Waals surface area contributed by atoms with Gasteiger partial charge in [-0.25, -0.2) is 0 Å². The second-order valence-electron chi connectivity index (χ2n) is 4.94. The molecule has 0 aliphatic heterocycles. The average Bonchev–Trinajstić information content (AvgIpc) is 2.57. The fourth-order valence-corrected chi connectivity index (χ4v) is 2.07. The second-order valence-corrected chi connectivity index (χ2v) is 4.94. The fourth-order valence-electron chi connectivity index (χ4n) is 2.07. The number of hydrogen-bond donors (Lipinski definition) is 2. The van der Waals surface area contributed by atoms with Crippen LogP contribution in [0.5, 0.6) is 17.2 Å². The minimum Gasteiger partial charge on any atom is -0.508 e. The van der Waals surface area contributed by atoms with Crippen LogP contribution in [-0.2, 0) is 4.79 Å². The van der Waals surface area contributed by atoms with Crippen LogP contribution < -0.4 is 14.8 Å². The van der Waals surface area contributed by atoms with E-state index in [1.165, 1.54) is 6.08 Å². The van der Waals surface area contributed by atoms with Crippen molar-refractivity contribution in [1.82, 2.24) is 0 Å². The van der Waals surface area contributed by atoms with Crippen molar-refractivity contribution in [3.8, 4) is 17.2 Å². The molecule has 0 spiro atoms. The van der Waals surface area contributed by atoms with E-state index in [2.05, 4.69) is 5.32 Å². The lowest BCUT2D eigenvalue weighted by atomic mass is 10.2. The molecule has 126 valence electrons. The van der Waals surface area contributed by atoms with Crippen LogP contribution in [0, 0.1) is 0 Å². The third-order valence-corrected chi connectivity index (χ3v) is 3.13. The van der Waals surface area contributed by atoms with Crippen molar-refractivity contribution in [2.75, 3.05) is 18.5 Å². The zero-order valence-electron chi connectivity index (χ0n) is 13.8. The summed E-state index contributed by atoms with van der Waals surface area (Å²) in [4.78, 5) is 12.0. The predicted octanol–water partition coefficient (Wildman–Crippen LogP) is 3.84. The summed E-state index contributed by atoms with van der Waals surface area (Å²) in [5.41, 5.74) is 1.45. The van der Waals surface area contributed by atoms with Crippen molar-refractivity contribution in [1.29, 1.82) is 0 Å². The Bertz CT molecular complexity index is 708. The number of rotatable bonds is 7. The van der Waals surface area contributed by atoms with Gasteiger partial charge < -0.3 is 19.9 Å². The van der Waals surface area contributed by atoms with Crippen LogP contribution in [0.2, 0.25) is 0 Å². The van der Waals surface area contributed by atoms with Gasteiger partial charge in [-0.1, -0.05) is 12.1 Å². The topological polar surface area (TPSA) is 67.8 Å². The second kappa shape index (κ2) is 8.62. The van der Waals surface area contributed by atoms with E-state index in [4.69, 9.17) is 9.47 Å². The Morgan fingerprint density at radius 3 is 2.38 bits per heavy atom.